The number of hydrogen-bond acceptors (Lipinski definition) is 3. The Bertz CT molecular complexity index is 602. The average molecular weight is 250 g/mol. The summed E-state index contributed by atoms with van der Waals surface area (Å²) in [7, 11) is 1.54. The number of aromatic nitrogens is 3. The Kier molecular flexibility index (Phi) is 3.45. The van der Waals surface area contributed by atoms with Crippen LogP contribution in [0.3, 0.4) is 0 Å². The fourth-order valence-corrected chi connectivity index (χ4v) is 1.67. The highest BCUT2D eigenvalue weighted by Gasteiger charge is 2.15. The molecule has 1 N–H and O–H groups in total. The third-order valence-corrected chi connectivity index (χ3v) is 2.55. The molecular weight excluding hydrogens is 235 g/mol. The third kappa shape index (κ3) is 2.13. The van der Waals surface area contributed by atoms with Crippen molar-refractivity contribution in [2.45, 2.75) is 13.3 Å². The molecule has 0 aliphatic carbocycles. The van der Waals surface area contributed by atoms with E-state index in [1.807, 2.05) is 6.92 Å². The molecule has 96 valence electrons. The van der Waals surface area contributed by atoms with Gasteiger partial charge in [-0.15, -0.1) is 5.10 Å². The quantitative estimate of drug-likeness (QED) is 0.895. The Morgan fingerprint density at radius 2 is 2.11 bits per heavy atom. The number of benzene rings is 1. The van der Waals surface area contributed by atoms with Gasteiger partial charge in [-0.25, -0.2) is 18.4 Å². The zero-order chi connectivity index (χ0) is 13.1. The van der Waals surface area contributed by atoms with E-state index >= 15 is 0 Å². The number of hydrogen-bond donors (Lipinski definition) is 1. The SMILES string of the molecule is CCCNc1nn(C)c(=O)n1-c1ccccc1F. The van der Waals surface area contributed by atoms with Crippen molar-refractivity contribution >= 4 is 5.95 Å². The van der Waals surface area contributed by atoms with E-state index in [1.165, 1.54) is 22.4 Å². The highest BCUT2D eigenvalue weighted by molar-refractivity contribution is 5.41. The Balaban J connectivity index is 2.56. The Labute approximate surface area is 104 Å². The van der Waals surface area contributed by atoms with Crippen LogP contribution in [0.2, 0.25) is 0 Å². The van der Waals surface area contributed by atoms with Crippen LogP contribution in [0.5, 0.6) is 0 Å². The molecule has 0 aliphatic rings. The molecule has 1 heterocycles. The minimum Gasteiger partial charge on any atom is -0.354 e. The van der Waals surface area contributed by atoms with Crippen molar-refractivity contribution in [3.63, 3.8) is 0 Å². The van der Waals surface area contributed by atoms with Gasteiger partial charge < -0.3 is 5.32 Å². The molecule has 1 aromatic carbocycles. The van der Waals surface area contributed by atoms with Crippen LogP contribution in [0.1, 0.15) is 13.3 Å². The summed E-state index contributed by atoms with van der Waals surface area (Å²) in [6.07, 6.45) is 0.891. The van der Waals surface area contributed by atoms with Crippen LogP contribution in [0, 0.1) is 5.82 Å². The maximum Gasteiger partial charge on any atom is 0.351 e. The predicted octanol–water partition coefficient (Wildman–Crippen LogP) is 1.53. The first-order valence-corrected chi connectivity index (χ1v) is 5.80. The molecule has 6 heteroatoms. The number of nitrogens with zero attached hydrogens (tertiary/aromatic N) is 3. The molecule has 0 saturated heterocycles. The summed E-state index contributed by atoms with van der Waals surface area (Å²) in [6.45, 7) is 2.67. The molecule has 0 amide bonds. The smallest absolute Gasteiger partial charge is 0.351 e. The van der Waals surface area contributed by atoms with Gasteiger partial charge in [-0.3, -0.25) is 0 Å². The number of aryl methyl sites for hydroxylation is 1. The van der Waals surface area contributed by atoms with E-state index in [4.69, 9.17) is 0 Å². The molecule has 1 aromatic heterocycles. The van der Waals surface area contributed by atoms with Gasteiger partial charge in [0.15, 0.2) is 0 Å². The summed E-state index contributed by atoms with van der Waals surface area (Å²) < 4.78 is 16.2. The first kappa shape index (κ1) is 12.3. The minimum atomic E-state index is -0.452. The number of para-hydroxylation sites is 1. The Hall–Kier alpha value is -2.11. The number of anilines is 1. The van der Waals surface area contributed by atoms with Crippen LogP contribution in [0.15, 0.2) is 29.1 Å². The highest BCUT2D eigenvalue weighted by atomic mass is 19.1. The fraction of sp³-hybridized carbons (Fsp3) is 0.333. The van der Waals surface area contributed by atoms with Crippen molar-refractivity contribution in [1.29, 1.82) is 0 Å². The van der Waals surface area contributed by atoms with Gasteiger partial charge in [-0.05, 0) is 18.6 Å². The predicted molar refractivity (Wildman–Crippen MR) is 67.5 cm³/mol. The third-order valence-electron chi connectivity index (χ3n) is 2.55. The lowest BCUT2D eigenvalue weighted by Crippen LogP contribution is -2.23. The molecule has 0 atom stereocenters. The van der Waals surface area contributed by atoms with Crippen LogP contribution < -0.4 is 11.0 Å². The lowest BCUT2D eigenvalue weighted by atomic mass is 10.3. The molecule has 5 nitrogen and oxygen atoms in total. The van der Waals surface area contributed by atoms with Crippen LogP contribution >= 0.6 is 0 Å². The van der Waals surface area contributed by atoms with Crippen LogP contribution in [0.25, 0.3) is 5.69 Å². The van der Waals surface area contributed by atoms with Crippen molar-refractivity contribution in [3.05, 3.63) is 40.6 Å². The monoisotopic (exact) mass is 250 g/mol. The second-order valence-corrected chi connectivity index (χ2v) is 3.94. The van der Waals surface area contributed by atoms with Gasteiger partial charge >= 0.3 is 5.69 Å². The molecule has 0 aliphatic heterocycles. The zero-order valence-electron chi connectivity index (χ0n) is 10.4. The topological polar surface area (TPSA) is 51.9 Å². The molecule has 18 heavy (non-hydrogen) atoms. The van der Waals surface area contributed by atoms with E-state index in [0.717, 1.165) is 6.42 Å². The lowest BCUT2D eigenvalue weighted by molar-refractivity contribution is 0.615. The molecule has 0 bridgehead atoms. The van der Waals surface area contributed by atoms with E-state index in [1.54, 1.807) is 18.2 Å². The molecule has 2 rings (SSSR count). The largest absolute Gasteiger partial charge is 0.354 e. The van der Waals surface area contributed by atoms with Crippen LogP contribution in [-0.4, -0.2) is 20.9 Å². The van der Waals surface area contributed by atoms with E-state index in [9.17, 15) is 9.18 Å². The minimum absolute atomic E-state index is 0.203. The van der Waals surface area contributed by atoms with Gasteiger partial charge in [0, 0.05) is 13.6 Å². The van der Waals surface area contributed by atoms with Crippen molar-refractivity contribution < 1.29 is 4.39 Å². The van der Waals surface area contributed by atoms with Crippen LogP contribution in [-0.2, 0) is 7.05 Å². The molecule has 0 fully saturated rings. The summed E-state index contributed by atoms with van der Waals surface area (Å²) in [5.41, 5.74) is -0.173. The second kappa shape index (κ2) is 5.03. The molecule has 0 unspecified atom stereocenters. The summed E-state index contributed by atoms with van der Waals surface area (Å²) in [6, 6.07) is 6.13. The van der Waals surface area contributed by atoms with Crippen molar-refractivity contribution in [3.8, 4) is 5.69 Å². The molecule has 0 spiro atoms. The van der Waals surface area contributed by atoms with Gasteiger partial charge in [0.2, 0.25) is 5.95 Å². The van der Waals surface area contributed by atoms with Gasteiger partial charge in [0.1, 0.15) is 5.82 Å². The summed E-state index contributed by atoms with van der Waals surface area (Å²) in [5.74, 6) is -0.0957. The van der Waals surface area contributed by atoms with E-state index in [2.05, 4.69) is 10.4 Å². The Morgan fingerprint density at radius 1 is 1.39 bits per heavy atom. The summed E-state index contributed by atoms with van der Waals surface area (Å²) in [5, 5.41) is 7.07. The van der Waals surface area contributed by atoms with Gasteiger partial charge in [-0.2, -0.15) is 0 Å². The molecular formula is C12H15FN4O. The number of nitrogens with one attached hydrogen (secondary N) is 1. The van der Waals surface area contributed by atoms with Gasteiger partial charge in [0.05, 0.1) is 5.69 Å². The van der Waals surface area contributed by atoms with Crippen molar-refractivity contribution in [2.75, 3.05) is 11.9 Å². The molecule has 0 radical (unpaired) electrons. The average Bonchev–Trinajstić information content (AvgIpc) is 2.64. The zero-order valence-corrected chi connectivity index (χ0v) is 10.4. The number of rotatable bonds is 4. The maximum atomic E-state index is 13.7. The fourth-order valence-electron chi connectivity index (χ4n) is 1.67. The molecule has 2 aromatic rings. The first-order chi connectivity index (χ1) is 8.65. The number of halogens is 1. The first-order valence-electron chi connectivity index (χ1n) is 5.80. The normalized spacial score (nSPS) is 10.6. The van der Waals surface area contributed by atoms with Gasteiger partial charge in [0.25, 0.3) is 0 Å². The Morgan fingerprint density at radius 3 is 2.78 bits per heavy atom. The van der Waals surface area contributed by atoms with E-state index in [-0.39, 0.29) is 11.4 Å². The maximum absolute atomic E-state index is 13.7. The van der Waals surface area contributed by atoms with Crippen molar-refractivity contribution in [1.82, 2.24) is 14.3 Å². The second-order valence-electron chi connectivity index (χ2n) is 3.94. The summed E-state index contributed by atoms with van der Waals surface area (Å²) in [4.78, 5) is 12.0. The van der Waals surface area contributed by atoms with E-state index < -0.39 is 5.82 Å². The lowest BCUT2D eigenvalue weighted by Gasteiger charge is -2.07. The van der Waals surface area contributed by atoms with E-state index in [0.29, 0.717) is 12.5 Å². The molecule has 0 saturated carbocycles. The highest BCUT2D eigenvalue weighted by Crippen LogP contribution is 2.14. The standard InChI is InChI=1S/C12H15FN4O/c1-3-8-14-11-15-16(2)12(18)17(11)10-7-5-4-6-9(10)13/h4-7H,3,8H2,1-2H3,(H,14,15). The summed E-state index contributed by atoms with van der Waals surface area (Å²) >= 11 is 0. The van der Waals surface area contributed by atoms with Crippen molar-refractivity contribution in [2.24, 2.45) is 7.05 Å². The van der Waals surface area contributed by atoms with Crippen LogP contribution in [0.4, 0.5) is 10.3 Å². The van der Waals surface area contributed by atoms with Gasteiger partial charge in [-0.1, -0.05) is 19.1 Å².